The molecule has 4 N–H and O–H groups in total. The molecule has 0 heterocycles. The molecule has 0 bridgehead atoms. The third kappa shape index (κ3) is 3.94. The lowest BCUT2D eigenvalue weighted by Gasteiger charge is -2.17. The summed E-state index contributed by atoms with van der Waals surface area (Å²) in [6, 6.07) is 0. The van der Waals surface area contributed by atoms with Crippen molar-refractivity contribution in [2.75, 3.05) is 13.2 Å². The van der Waals surface area contributed by atoms with Crippen molar-refractivity contribution in [3.05, 3.63) is 0 Å². The molecule has 0 aromatic heterocycles. The quantitative estimate of drug-likeness (QED) is 0.525. The Bertz CT molecular complexity index is 257. The Labute approximate surface area is 102 Å². The van der Waals surface area contributed by atoms with Crippen molar-refractivity contribution in [1.82, 2.24) is 5.32 Å². The first-order chi connectivity index (χ1) is 7.95. The summed E-state index contributed by atoms with van der Waals surface area (Å²) in [5, 5.41) is 31.1. The monoisotopic (exact) mass is 245 g/mol. The third-order valence-electron chi connectivity index (χ3n) is 3.31. The molecule has 0 spiro atoms. The van der Waals surface area contributed by atoms with Crippen LogP contribution in [0.1, 0.15) is 26.7 Å². The van der Waals surface area contributed by atoms with Gasteiger partial charge in [-0.2, -0.15) is 0 Å². The Morgan fingerprint density at radius 1 is 1.29 bits per heavy atom. The standard InChI is InChI=1S/C12H23NO4/c1-7(2)3-10(15)13-5-8-4-9(6-14)12(17)11(8)16/h7-9,11-12,14,16-17H,3-6H2,1-2H3,(H,13,15)/t8-,9-,11-,12-/m1/s1. The lowest BCUT2D eigenvalue weighted by atomic mass is 10.0. The van der Waals surface area contributed by atoms with Gasteiger partial charge in [0.1, 0.15) is 0 Å². The number of hydrogen-bond acceptors (Lipinski definition) is 4. The number of carbonyl (C=O) groups is 1. The highest BCUT2D eigenvalue weighted by molar-refractivity contribution is 5.76. The van der Waals surface area contributed by atoms with Gasteiger partial charge in [-0.15, -0.1) is 0 Å². The van der Waals surface area contributed by atoms with E-state index in [4.69, 9.17) is 5.11 Å². The van der Waals surface area contributed by atoms with Crippen LogP contribution in [0.5, 0.6) is 0 Å². The third-order valence-corrected chi connectivity index (χ3v) is 3.31. The first-order valence-corrected chi connectivity index (χ1v) is 6.19. The number of hydrogen-bond donors (Lipinski definition) is 4. The molecule has 5 heteroatoms. The van der Waals surface area contributed by atoms with Crippen LogP contribution in [0.4, 0.5) is 0 Å². The van der Waals surface area contributed by atoms with Crippen molar-refractivity contribution in [3.63, 3.8) is 0 Å². The molecular weight excluding hydrogens is 222 g/mol. The molecule has 1 aliphatic rings. The first-order valence-electron chi connectivity index (χ1n) is 6.19. The molecule has 0 aromatic carbocycles. The average Bonchev–Trinajstić information content (AvgIpc) is 2.52. The maximum atomic E-state index is 11.4. The second-order valence-corrected chi connectivity index (χ2v) is 5.32. The SMILES string of the molecule is CC(C)CC(=O)NC[C@H]1C[C@H](CO)[C@@H](O)[C@@H]1O. The van der Waals surface area contributed by atoms with Gasteiger partial charge in [0.25, 0.3) is 0 Å². The minimum absolute atomic E-state index is 0.0332. The second-order valence-electron chi connectivity index (χ2n) is 5.32. The number of nitrogens with one attached hydrogen (secondary N) is 1. The Morgan fingerprint density at radius 2 is 1.88 bits per heavy atom. The summed E-state index contributed by atoms with van der Waals surface area (Å²) in [6.07, 6.45) is -0.728. The molecule has 0 aliphatic heterocycles. The molecule has 17 heavy (non-hydrogen) atoms. The molecule has 5 nitrogen and oxygen atoms in total. The smallest absolute Gasteiger partial charge is 0.220 e. The van der Waals surface area contributed by atoms with Crippen molar-refractivity contribution in [3.8, 4) is 0 Å². The van der Waals surface area contributed by atoms with Gasteiger partial charge in [0.15, 0.2) is 0 Å². The maximum absolute atomic E-state index is 11.4. The zero-order valence-corrected chi connectivity index (χ0v) is 10.5. The molecule has 0 saturated heterocycles. The summed E-state index contributed by atoms with van der Waals surface area (Å²) in [4.78, 5) is 11.4. The van der Waals surface area contributed by atoms with Crippen LogP contribution in [0.15, 0.2) is 0 Å². The summed E-state index contributed by atoms with van der Waals surface area (Å²) in [5.41, 5.74) is 0. The van der Waals surface area contributed by atoms with E-state index in [2.05, 4.69) is 5.32 Å². The number of aliphatic hydroxyl groups excluding tert-OH is 3. The van der Waals surface area contributed by atoms with Gasteiger partial charge < -0.3 is 20.6 Å². The van der Waals surface area contributed by atoms with Gasteiger partial charge in [-0.1, -0.05) is 13.8 Å². The van der Waals surface area contributed by atoms with Crippen LogP contribution in [0.3, 0.4) is 0 Å². The zero-order chi connectivity index (χ0) is 13.0. The van der Waals surface area contributed by atoms with Gasteiger partial charge >= 0.3 is 0 Å². The molecule has 0 radical (unpaired) electrons. The van der Waals surface area contributed by atoms with E-state index in [1.165, 1.54) is 0 Å². The summed E-state index contributed by atoms with van der Waals surface area (Å²) < 4.78 is 0. The minimum Gasteiger partial charge on any atom is -0.396 e. The maximum Gasteiger partial charge on any atom is 0.220 e. The Morgan fingerprint density at radius 3 is 2.35 bits per heavy atom. The van der Waals surface area contributed by atoms with E-state index < -0.39 is 12.2 Å². The normalized spacial score (nSPS) is 33.1. The lowest BCUT2D eigenvalue weighted by molar-refractivity contribution is -0.122. The van der Waals surface area contributed by atoms with Gasteiger partial charge in [-0.25, -0.2) is 0 Å². The van der Waals surface area contributed by atoms with Crippen molar-refractivity contribution in [2.24, 2.45) is 17.8 Å². The Hall–Kier alpha value is -0.650. The van der Waals surface area contributed by atoms with Crippen LogP contribution < -0.4 is 5.32 Å². The molecule has 0 aromatic rings. The van der Waals surface area contributed by atoms with Gasteiger partial charge in [-0.3, -0.25) is 4.79 Å². The number of carbonyl (C=O) groups excluding carboxylic acids is 1. The van der Waals surface area contributed by atoms with Crippen molar-refractivity contribution >= 4 is 5.91 Å². The summed E-state index contributed by atoms with van der Waals surface area (Å²) >= 11 is 0. The molecule has 1 aliphatic carbocycles. The zero-order valence-electron chi connectivity index (χ0n) is 10.5. The largest absolute Gasteiger partial charge is 0.396 e. The molecule has 0 unspecified atom stereocenters. The van der Waals surface area contributed by atoms with Gasteiger partial charge in [0.2, 0.25) is 5.91 Å². The van der Waals surface area contributed by atoms with E-state index in [1.54, 1.807) is 0 Å². The van der Waals surface area contributed by atoms with Gasteiger partial charge in [-0.05, 0) is 12.3 Å². The number of amides is 1. The fourth-order valence-electron chi connectivity index (χ4n) is 2.30. The van der Waals surface area contributed by atoms with E-state index >= 15 is 0 Å². The van der Waals surface area contributed by atoms with Gasteiger partial charge in [0.05, 0.1) is 12.2 Å². The predicted octanol–water partition coefficient (Wildman–Crippen LogP) is -0.501. The molecule has 1 saturated carbocycles. The highest BCUT2D eigenvalue weighted by Gasteiger charge is 2.40. The first kappa shape index (κ1) is 14.4. The van der Waals surface area contributed by atoms with Crippen LogP contribution in [0.2, 0.25) is 0 Å². The molecule has 1 fully saturated rings. The molecule has 1 rings (SSSR count). The molecule has 4 atom stereocenters. The Balaban J connectivity index is 2.35. The van der Waals surface area contributed by atoms with Crippen molar-refractivity contribution < 1.29 is 20.1 Å². The van der Waals surface area contributed by atoms with Crippen LogP contribution in [-0.2, 0) is 4.79 Å². The van der Waals surface area contributed by atoms with Crippen LogP contribution >= 0.6 is 0 Å². The topological polar surface area (TPSA) is 89.8 Å². The molecule has 1 amide bonds. The summed E-state index contributed by atoms with van der Waals surface area (Å²) in [6.45, 7) is 4.17. The predicted molar refractivity (Wildman–Crippen MR) is 63.2 cm³/mol. The fraction of sp³-hybridized carbons (Fsp3) is 0.917. The van der Waals surface area contributed by atoms with E-state index in [0.717, 1.165) is 0 Å². The lowest BCUT2D eigenvalue weighted by Crippen LogP contribution is -2.36. The van der Waals surface area contributed by atoms with Crippen LogP contribution in [-0.4, -0.2) is 46.6 Å². The van der Waals surface area contributed by atoms with E-state index in [-0.39, 0.29) is 24.3 Å². The van der Waals surface area contributed by atoms with Crippen molar-refractivity contribution in [1.29, 1.82) is 0 Å². The van der Waals surface area contributed by atoms with Crippen LogP contribution in [0.25, 0.3) is 0 Å². The summed E-state index contributed by atoms with van der Waals surface area (Å²) in [7, 11) is 0. The van der Waals surface area contributed by atoms with E-state index in [9.17, 15) is 15.0 Å². The average molecular weight is 245 g/mol. The minimum atomic E-state index is -0.882. The number of aliphatic hydroxyl groups is 3. The highest BCUT2D eigenvalue weighted by atomic mass is 16.3. The van der Waals surface area contributed by atoms with Crippen molar-refractivity contribution in [2.45, 2.75) is 38.9 Å². The van der Waals surface area contributed by atoms with Gasteiger partial charge in [0, 0.05) is 31.4 Å². The summed E-state index contributed by atoms with van der Waals surface area (Å²) in [5.74, 6) is -0.177. The molecule has 100 valence electrons. The second kappa shape index (κ2) is 6.33. The highest BCUT2D eigenvalue weighted by Crippen LogP contribution is 2.31. The fourth-order valence-corrected chi connectivity index (χ4v) is 2.30. The molecular formula is C12H23NO4. The Kier molecular flexibility index (Phi) is 5.36. The van der Waals surface area contributed by atoms with Crippen LogP contribution in [0, 0.1) is 17.8 Å². The number of rotatable bonds is 5. The van der Waals surface area contributed by atoms with E-state index in [0.29, 0.717) is 25.3 Å². The van der Waals surface area contributed by atoms with E-state index in [1.807, 2.05) is 13.8 Å².